The topological polar surface area (TPSA) is 24.1 Å². The lowest BCUT2D eigenvalue weighted by molar-refractivity contribution is 0.419. The molecule has 2 nitrogen and oxygen atoms in total. The van der Waals surface area contributed by atoms with Gasteiger partial charge in [-0.2, -0.15) is 0 Å². The monoisotopic (exact) mass is 516 g/mol. The normalized spacial score (nSPS) is 15.9. The molecule has 3 heteroatoms. The number of allylic oxidation sites excluding steroid dienone is 5. The van der Waals surface area contributed by atoms with E-state index in [1.807, 2.05) is 6.07 Å². The SMILES string of the molecule is CCCC=C(NCCCCC1=CCCC=C1)c1ccc(Cl)cc1CNCCc1ccc(C2CCC2)cc1. The van der Waals surface area contributed by atoms with Crippen LogP contribution in [0.15, 0.2) is 72.3 Å². The summed E-state index contributed by atoms with van der Waals surface area (Å²) >= 11 is 6.43. The minimum absolute atomic E-state index is 0.802. The van der Waals surface area contributed by atoms with E-state index in [4.69, 9.17) is 11.6 Å². The molecule has 0 heterocycles. The Morgan fingerprint density at radius 1 is 1.00 bits per heavy atom. The highest BCUT2D eigenvalue weighted by Crippen LogP contribution is 2.36. The molecule has 1 fully saturated rings. The summed E-state index contributed by atoms with van der Waals surface area (Å²) in [5.74, 6) is 0.809. The van der Waals surface area contributed by atoms with Gasteiger partial charge in [-0.1, -0.05) is 91.6 Å². The summed E-state index contributed by atoms with van der Waals surface area (Å²) in [6.07, 6.45) is 22.7. The average molecular weight is 517 g/mol. The van der Waals surface area contributed by atoms with Crippen molar-refractivity contribution in [1.29, 1.82) is 0 Å². The third-order valence-electron chi connectivity index (χ3n) is 7.74. The van der Waals surface area contributed by atoms with Crippen molar-refractivity contribution in [2.45, 2.75) is 90.0 Å². The summed E-state index contributed by atoms with van der Waals surface area (Å²) < 4.78 is 0. The lowest BCUT2D eigenvalue weighted by atomic mass is 9.80. The molecule has 0 spiro atoms. The molecule has 2 aliphatic rings. The highest BCUT2D eigenvalue weighted by Gasteiger charge is 2.18. The molecule has 2 N–H and O–H groups in total. The van der Waals surface area contributed by atoms with E-state index in [0.29, 0.717) is 0 Å². The average Bonchev–Trinajstić information content (AvgIpc) is 2.89. The third kappa shape index (κ3) is 8.90. The Labute approximate surface area is 230 Å². The molecule has 2 aromatic carbocycles. The van der Waals surface area contributed by atoms with Gasteiger partial charge in [0, 0.05) is 29.4 Å². The second-order valence-electron chi connectivity index (χ2n) is 10.6. The standard InChI is InChI=1S/C34H45ClN2/c1-2-3-15-34(37-23-8-7-12-27-10-5-4-6-11-27)33-21-20-32(35)25-31(33)26-36-24-22-28-16-18-30(19-17-28)29-13-9-14-29/h5,10-11,15-21,25,29,36-37H,2-4,6-9,12-14,22-24,26H2,1H3. The maximum atomic E-state index is 6.43. The number of nitrogens with one attached hydrogen (secondary N) is 2. The predicted molar refractivity (Wildman–Crippen MR) is 161 cm³/mol. The van der Waals surface area contributed by atoms with Crippen LogP contribution in [0, 0.1) is 0 Å². The van der Waals surface area contributed by atoms with Crippen LogP contribution in [0.2, 0.25) is 5.02 Å². The minimum Gasteiger partial charge on any atom is -0.385 e. The van der Waals surface area contributed by atoms with Gasteiger partial charge in [-0.05, 0) is 99.1 Å². The summed E-state index contributed by atoms with van der Waals surface area (Å²) in [6.45, 7) is 5.02. The fourth-order valence-corrected chi connectivity index (χ4v) is 5.42. The van der Waals surface area contributed by atoms with Crippen LogP contribution in [0.1, 0.15) is 99.3 Å². The van der Waals surface area contributed by atoms with Crippen LogP contribution in [-0.2, 0) is 13.0 Å². The molecule has 0 unspecified atom stereocenters. The third-order valence-corrected chi connectivity index (χ3v) is 7.97. The van der Waals surface area contributed by atoms with Gasteiger partial charge in [-0.15, -0.1) is 0 Å². The minimum atomic E-state index is 0.802. The summed E-state index contributed by atoms with van der Waals surface area (Å²) in [7, 11) is 0. The molecule has 0 atom stereocenters. The Balaban J connectivity index is 1.28. The number of unbranched alkanes of at least 4 members (excludes halogenated alkanes) is 2. The first-order valence-corrected chi connectivity index (χ1v) is 15.0. The second kappa shape index (κ2) is 15.2. The quantitative estimate of drug-likeness (QED) is 0.230. The van der Waals surface area contributed by atoms with Crippen LogP contribution in [0.4, 0.5) is 0 Å². The van der Waals surface area contributed by atoms with Crippen LogP contribution >= 0.6 is 11.6 Å². The van der Waals surface area contributed by atoms with E-state index in [0.717, 1.165) is 49.8 Å². The van der Waals surface area contributed by atoms with Crippen molar-refractivity contribution in [3.05, 3.63) is 99.6 Å². The second-order valence-corrected chi connectivity index (χ2v) is 11.1. The van der Waals surface area contributed by atoms with Gasteiger partial charge in [-0.3, -0.25) is 0 Å². The van der Waals surface area contributed by atoms with Crippen LogP contribution < -0.4 is 10.6 Å². The van der Waals surface area contributed by atoms with Gasteiger partial charge in [-0.25, -0.2) is 0 Å². The van der Waals surface area contributed by atoms with Gasteiger partial charge < -0.3 is 10.6 Å². The van der Waals surface area contributed by atoms with E-state index in [1.54, 1.807) is 0 Å². The number of hydrogen-bond donors (Lipinski definition) is 2. The molecule has 2 aromatic rings. The largest absolute Gasteiger partial charge is 0.385 e. The zero-order valence-corrected chi connectivity index (χ0v) is 23.5. The summed E-state index contributed by atoms with van der Waals surface area (Å²) in [4.78, 5) is 0. The molecule has 0 amide bonds. The Morgan fingerprint density at radius 3 is 2.59 bits per heavy atom. The van der Waals surface area contributed by atoms with Gasteiger partial charge in [0.25, 0.3) is 0 Å². The van der Waals surface area contributed by atoms with Crippen LogP contribution in [0.5, 0.6) is 0 Å². The van der Waals surface area contributed by atoms with Gasteiger partial charge in [0.05, 0.1) is 0 Å². The first-order chi connectivity index (χ1) is 18.2. The molecule has 1 saturated carbocycles. The van der Waals surface area contributed by atoms with Crippen molar-refractivity contribution >= 4 is 17.3 Å². The Bertz CT molecular complexity index is 1060. The molecule has 4 rings (SSSR count). The van der Waals surface area contributed by atoms with E-state index in [9.17, 15) is 0 Å². The van der Waals surface area contributed by atoms with Crippen LogP contribution in [0.25, 0.3) is 5.70 Å². The molecular weight excluding hydrogens is 472 g/mol. The van der Waals surface area contributed by atoms with E-state index < -0.39 is 0 Å². The Morgan fingerprint density at radius 2 is 1.86 bits per heavy atom. The van der Waals surface area contributed by atoms with E-state index in [2.05, 4.69) is 78.3 Å². The van der Waals surface area contributed by atoms with Crippen LogP contribution in [0.3, 0.4) is 0 Å². The van der Waals surface area contributed by atoms with E-state index in [-0.39, 0.29) is 0 Å². The zero-order chi connectivity index (χ0) is 25.7. The van der Waals surface area contributed by atoms with Gasteiger partial charge in [0.2, 0.25) is 0 Å². The number of benzene rings is 2. The van der Waals surface area contributed by atoms with Crippen molar-refractivity contribution in [3.63, 3.8) is 0 Å². The highest BCUT2D eigenvalue weighted by molar-refractivity contribution is 6.30. The first-order valence-electron chi connectivity index (χ1n) is 14.6. The zero-order valence-electron chi connectivity index (χ0n) is 22.7. The Kier molecular flexibility index (Phi) is 11.4. The van der Waals surface area contributed by atoms with Crippen molar-refractivity contribution < 1.29 is 0 Å². The molecular formula is C34H45ClN2. The molecule has 37 heavy (non-hydrogen) atoms. The van der Waals surface area contributed by atoms with Crippen molar-refractivity contribution in [1.82, 2.24) is 10.6 Å². The molecule has 2 aliphatic carbocycles. The number of hydrogen-bond acceptors (Lipinski definition) is 2. The highest BCUT2D eigenvalue weighted by atomic mass is 35.5. The molecule has 0 radical (unpaired) electrons. The molecule has 0 aromatic heterocycles. The van der Waals surface area contributed by atoms with Gasteiger partial charge >= 0.3 is 0 Å². The maximum absolute atomic E-state index is 6.43. The fourth-order valence-electron chi connectivity index (χ4n) is 5.22. The summed E-state index contributed by atoms with van der Waals surface area (Å²) in [5.41, 5.74) is 8.22. The summed E-state index contributed by atoms with van der Waals surface area (Å²) in [5, 5.41) is 8.24. The number of halogens is 1. The summed E-state index contributed by atoms with van der Waals surface area (Å²) in [6, 6.07) is 15.6. The van der Waals surface area contributed by atoms with Crippen LogP contribution in [-0.4, -0.2) is 13.1 Å². The molecule has 0 saturated heterocycles. The number of rotatable bonds is 15. The lowest BCUT2D eigenvalue weighted by Gasteiger charge is -2.25. The van der Waals surface area contributed by atoms with Crippen molar-refractivity contribution in [2.75, 3.05) is 13.1 Å². The van der Waals surface area contributed by atoms with E-state index in [1.165, 1.54) is 84.9 Å². The van der Waals surface area contributed by atoms with E-state index >= 15 is 0 Å². The molecule has 0 bridgehead atoms. The predicted octanol–water partition coefficient (Wildman–Crippen LogP) is 9.12. The maximum Gasteiger partial charge on any atom is 0.0409 e. The molecule has 0 aliphatic heterocycles. The van der Waals surface area contributed by atoms with Gasteiger partial charge in [0.1, 0.15) is 0 Å². The first kappa shape index (κ1) is 27.7. The smallest absolute Gasteiger partial charge is 0.0409 e. The molecule has 198 valence electrons. The van der Waals surface area contributed by atoms with Crippen molar-refractivity contribution in [3.8, 4) is 0 Å². The van der Waals surface area contributed by atoms with Crippen molar-refractivity contribution in [2.24, 2.45) is 0 Å². The lowest BCUT2D eigenvalue weighted by Crippen LogP contribution is -2.20. The fraction of sp³-hybridized carbons (Fsp3) is 0.471. The van der Waals surface area contributed by atoms with Gasteiger partial charge in [0.15, 0.2) is 0 Å². The Hall–Kier alpha value is -2.29.